The summed E-state index contributed by atoms with van der Waals surface area (Å²) in [5.41, 5.74) is 1.17. The van der Waals surface area contributed by atoms with Gasteiger partial charge in [-0.15, -0.1) is 0 Å². The van der Waals surface area contributed by atoms with Crippen molar-refractivity contribution in [3.63, 3.8) is 0 Å². The molecule has 0 radical (unpaired) electrons. The second-order valence-corrected chi connectivity index (χ2v) is 2.62. The molecule has 0 N–H and O–H groups in total. The van der Waals surface area contributed by atoms with Gasteiger partial charge in [0, 0.05) is 0 Å². The molecule has 2 heteroatoms. The van der Waals surface area contributed by atoms with Gasteiger partial charge in [0.25, 0.3) is 0 Å². The summed E-state index contributed by atoms with van der Waals surface area (Å²) in [4.78, 5) is 9.99. The molecule has 1 aromatic carbocycles. The van der Waals surface area contributed by atoms with Gasteiger partial charge in [-0.2, -0.15) is 0 Å². The highest BCUT2D eigenvalue weighted by molar-refractivity contribution is 5.64. The molecule has 1 rings (SSSR count). The first-order valence-corrected chi connectivity index (χ1v) is 4.10. The maximum Gasteiger partial charge on any atom is 0.142 e. The maximum absolute atomic E-state index is 9.99. The molecule has 1 aromatic rings. The predicted octanol–water partition coefficient (Wildman–Crippen LogP) is 1.99. The Kier molecular flexibility index (Phi) is 3.76. The minimum atomic E-state index is 0.780. The zero-order valence-corrected chi connectivity index (χ0v) is 7.57. The van der Waals surface area contributed by atoms with Crippen molar-refractivity contribution in [2.45, 2.75) is 6.42 Å². The number of hydrogen-bond donors (Lipinski definition) is 0. The van der Waals surface area contributed by atoms with E-state index in [-0.39, 0.29) is 0 Å². The molecule has 2 nitrogen and oxygen atoms in total. The topological polar surface area (TPSA) is 26.3 Å². The van der Waals surface area contributed by atoms with Gasteiger partial charge in [0.05, 0.1) is 7.11 Å². The number of rotatable bonds is 4. The molecule has 0 atom stereocenters. The summed E-state index contributed by atoms with van der Waals surface area (Å²) >= 11 is 0. The molecular formula is C11H12O2. The van der Waals surface area contributed by atoms with Crippen molar-refractivity contribution in [3.05, 3.63) is 42.0 Å². The highest BCUT2D eigenvalue weighted by Crippen LogP contribution is 2.11. The van der Waals surface area contributed by atoms with Crippen molar-refractivity contribution in [2.75, 3.05) is 7.11 Å². The fourth-order valence-electron chi connectivity index (χ4n) is 1.02. The lowest BCUT2D eigenvalue weighted by atomic mass is 10.1. The minimum absolute atomic E-state index is 0.780. The highest BCUT2D eigenvalue weighted by atomic mass is 16.5. The summed E-state index contributed by atoms with van der Waals surface area (Å²) in [6.45, 7) is 0. The fourth-order valence-corrected chi connectivity index (χ4v) is 1.02. The van der Waals surface area contributed by atoms with E-state index >= 15 is 0 Å². The van der Waals surface area contributed by atoms with Gasteiger partial charge in [0.15, 0.2) is 0 Å². The summed E-state index contributed by atoms with van der Waals surface area (Å²) in [5, 5.41) is 0. The zero-order chi connectivity index (χ0) is 9.52. The van der Waals surface area contributed by atoms with E-state index in [1.54, 1.807) is 7.11 Å². The number of carbonyl (C=O) groups excluding carboxylic acids is 1. The van der Waals surface area contributed by atoms with Gasteiger partial charge in [0.1, 0.15) is 12.0 Å². The van der Waals surface area contributed by atoms with Crippen LogP contribution in [-0.2, 0) is 11.2 Å². The van der Waals surface area contributed by atoms with E-state index in [1.165, 1.54) is 11.6 Å². The van der Waals surface area contributed by atoms with Crippen LogP contribution < -0.4 is 4.74 Å². The van der Waals surface area contributed by atoms with Crippen molar-refractivity contribution >= 4 is 6.29 Å². The Morgan fingerprint density at radius 3 is 2.54 bits per heavy atom. The van der Waals surface area contributed by atoms with Gasteiger partial charge < -0.3 is 4.74 Å². The summed E-state index contributed by atoms with van der Waals surface area (Å²) in [7, 11) is 1.64. The minimum Gasteiger partial charge on any atom is -0.497 e. The third-order valence-corrected chi connectivity index (χ3v) is 1.73. The Labute approximate surface area is 77.8 Å². The largest absolute Gasteiger partial charge is 0.497 e. The number of aldehydes is 1. The second kappa shape index (κ2) is 5.14. The van der Waals surface area contributed by atoms with Crippen LogP contribution in [0.1, 0.15) is 5.56 Å². The van der Waals surface area contributed by atoms with E-state index in [1.807, 2.05) is 30.3 Å². The lowest BCUT2D eigenvalue weighted by Crippen LogP contribution is -1.84. The van der Waals surface area contributed by atoms with Gasteiger partial charge in [0.2, 0.25) is 0 Å². The lowest BCUT2D eigenvalue weighted by molar-refractivity contribution is -0.104. The molecule has 0 spiro atoms. The molecule has 0 bridgehead atoms. The van der Waals surface area contributed by atoms with Crippen LogP contribution in [0.25, 0.3) is 0 Å². The van der Waals surface area contributed by atoms with Crippen LogP contribution >= 0.6 is 0 Å². The molecule has 0 heterocycles. The molecular weight excluding hydrogens is 164 g/mol. The number of carbonyl (C=O) groups is 1. The van der Waals surface area contributed by atoms with Crippen LogP contribution in [-0.4, -0.2) is 13.4 Å². The van der Waals surface area contributed by atoms with Gasteiger partial charge in [-0.25, -0.2) is 0 Å². The Morgan fingerprint density at radius 2 is 2.00 bits per heavy atom. The molecule has 0 saturated carbocycles. The van der Waals surface area contributed by atoms with Gasteiger partial charge in [-0.05, 0) is 30.2 Å². The molecule has 0 amide bonds. The number of benzene rings is 1. The van der Waals surface area contributed by atoms with Gasteiger partial charge >= 0.3 is 0 Å². The molecule has 0 aliphatic carbocycles. The average Bonchev–Trinajstić information content (AvgIpc) is 2.19. The normalized spacial score (nSPS) is 10.2. The van der Waals surface area contributed by atoms with Crippen molar-refractivity contribution in [3.8, 4) is 5.75 Å². The third kappa shape index (κ3) is 3.11. The number of allylic oxidation sites excluding steroid dienone is 2. The second-order valence-electron chi connectivity index (χ2n) is 2.62. The molecule has 0 aromatic heterocycles. The summed E-state index contributed by atoms with van der Waals surface area (Å²) in [6.07, 6.45) is 4.89. The van der Waals surface area contributed by atoms with Crippen LogP contribution in [0.5, 0.6) is 5.75 Å². The van der Waals surface area contributed by atoms with Crippen molar-refractivity contribution in [1.29, 1.82) is 0 Å². The molecule has 68 valence electrons. The monoisotopic (exact) mass is 176 g/mol. The average molecular weight is 176 g/mol. The first-order valence-electron chi connectivity index (χ1n) is 4.10. The number of hydrogen-bond acceptors (Lipinski definition) is 2. The van der Waals surface area contributed by atoms with E-state index < -0.39 is 0 Å². The van der Waals surface area contributed by atoms with E-state index in [9.17, 15) is 4.79 Å². The fraction of sp³-hybridized carbons (Fsp3) is 0.182. The standard InChI is InChI=1S/C11H12O2/c1-13-11-7-5-10(6-8-11)4-2-3-9-12/h2-3,5-9H,4H2,1H3. The van der Waals surface area contributed by atoms with E-state index in [0.717, 1.165) is 18.5 Å². The van der Waals surface area contributed by atoms with Gasteiger partial charge in [-0.3, -0.25) is 4.79 Å². The van der Waals surface area contributed by atoms with Crippen molar-refractivity contribution < 1.29 is 9.53 Å². The van der Waals surface area contributed by atoms with E-state index in [4.69, 9.17) is 4.74 Å². The van der Waals surface area contributed by atoms with Gasteiger partial charge in [-0.1, -0.05) is 18.2 Å². The SMILES string of the molecule is COc1ccc(CC=CC=O)cc1. The molecule has 0 aliphatic heterocycles. The zero-order valence-electron chi connectivity index (χ0n) is 7.57. The summed E-state index contributed by atoms with van der Waals surface area (Å²) < 4.78 is 5.02. The van der Waals surface area contributed by atoms with Crippen LogP contribution in [0.4, 0.5) is 0 Å². The molecule has 13 heavy (non-hydrogen) atoms. The lowest BCUT2D eigenvalue weighted by Gasteiger charge is -1.99. The van der Waals surface area contributed by atoms with Crippen LogP contribution in [0, 0.1) is 0 Å². The molecule has 0 fully saturated rings. The maximum atomic E-state index is 9.99. The van der Waals surface area contributed by atoms with E-state index in [0.29, 0.717) is 0 Å². The highest BCUT2D eigenvalue weighted by Gasteiger charge is 1.90. The predicted molar refractivity (Wildman–Crippen MR) is 51.9 cm³/mol. The van der Waals surface area contributed by atoms with Crippen molar-refractivity contribution in [2.24, 2.45) is 0 Å². The Hall–Kier alpha value is -1.57. The first kappa shape index (κ1) is 9.52. The Morgan fingerprint density at radius 1 is 1.31 bits per heavy atom. The molecule has 0 saturated heterocycles. The quantitative estimate of drug-likeness (QED) is 0.518. The van der Waals surface area contributed by atoms with Crippen LogP contribution in [0.15, 0.2) is 36.4 Å². The summed E-state index contributed by atoms with van der Waals surface area (Å²) in [5.74, 6) is 0.850. The van der Waals surface area contributed by atoms with Crippen molar-refractivity contribution in [1.82, 2.24) is 0 Å². The third-order valence-electron chi connectivity index (χ3n) is 1.73. The smallest absolute Gasteiger partial charge is 0.142 e. The number of ether oxygens (including phenoxy) is 1. The Balaban J connectivity index is 2.58. The Bertz CT molecular complexity index is 285. The summed E-state index contributed by atoms with van der Waals surface area (Å²) in [6, 6.07) is 7.77. The first-order chi connectivity index (χ1) is 6.36. The van der Waals surface area contributed by atoms with E-state index in [2.05, 4.69) is 0 Å². The van der Waals surface area contributed by atoms with Crippen LogP contribution in [0.2, 0.25) is 0 Å². The molecule has 0 aliphatic rings. The van der Waals surface area contributed by atoms with Crippen LogP contribution in [0.3, 0.4) is 0 Å². The number of methoxy groups -OCH3 is 1. The molecule has 0 unspecified atom stereocenters.